The van der Waals surface area contributed by atoms with Crippen LogP contribution in [0.1, 0.15) is 25.3 Å². The van der Waals surface area contributed by atoms with E-state index in [-0.39, 0.29) is 11.8 Å². The summed E-state index contributed by atoms with van der Waals surface area (Å²) in [5.74, 6) is 0.168. The van der Waals surface area contributed by atoms with Crippen molar-refractivity contribution >= 4 is 33.4 Å². The third-order valence-corrected chi connectivity index (χ3v) is 4.27. The van der Waals surface area contributed by atoms with Gasteiger partial charge in [0.05, 0.1) is 0 Å². The van der Waals surface area contributed by atoms with Crippen LogP contribution in [0.5, 0.6) is 0 Å². The Morgan fingerprint density at radius 1 is 1.09 bits per heavy atom. The first kappa shape index (κ1) is 13.3. The molecule has 1 aliphatic rings. The van der Waals surface area contributed by atoms with Crippen molar-refractivity contribution in [1.82, 2.24) is 0 Å². The van der Waals surface area contributed by atoms with E-state index in [4.69, 9.17) is 4.42 Å². The smallest absolute Gasteiger partial charge is 0.159 e. The van der Waals surface area contributed by atoms with Crippen LogP contribution in [-0.4, -0.2) is 17.5 Å². The Morgan fingerprint density at radius 2 is 1.91 bits per heavy atom. The van der Waals surface area contributed by atoms with Gasteiger partial charge >= 0.3 is 0 Å². The first-order valence-corrected chi connectivity index (χ1v) is 7.69. The fraction of sp³-hybridized carbons (Fsp3) is 0.263. The molecule has 0 radical (unpaired) electrons. The molecule has 22 heavy (non-hydrogen) atoms. The summed E-state index contributed by atoms with van der Waals surface area (Å²) in [6, 6.07) is 14.4. The number of benzene rings is 2. The highest BCUT2D eigenvalue weighted by Gasteiger charge is 2.30. The van der Waals surface area contributed by atoms with E-state index in [0.717, 1.165) is 36.1 Å². The molecule has 0 saturated carbocycles. The Bertz CT molecular complexity index is 904. The zero-order valence-electron chi connectivity index (χ0n) is 12.5. The van der Waals surface area contributed by atoms with Crippen LogP contribution in [0.2, 0.25) is 0 Å². The number of hydrogen-bond donors (Lipinski definition) is 0. The number of Topliss-reactive ketones (excluding diaryl/α,β-unsaturated/α-hetero) is 1. The lowest BCUT2D eigenvalue weighted by molar-refractivity contribution is -0.116. The first-order valence-electron chi connectivity index (χ1n) is 7.69. The van der Waals surface area contributed by atoms with E-state index in [1.807, 2.05) is 18.2 Å². The van der Waals surface area contributed by atoms with Gasteiger partial charge in [-0.3, -0.25) is 9.79 Å². The van der Waals surface area contributed by atoms with Gasteiger partial charge < -0.3 is 4.42 Å². The van der Waals surface area contributed by atoms with Crippen molar-refractivity contribution in [1.29, 1.82) is 0 Å². The number of carbonyl (C=O) groups is 1. The van der Waals surface area contributed by atoms with Gasteiger partial charge in [0.15, 0.2) is 5.78 Å². The minimum Gasteiger partial charge on any atom is -0.456 e. The number of para-hydroxylation sites is 1. The number of fused-ring (bicyclic) bond motifs is 3. The molecule has 0 amide bonds. The van der Waals surface area contributed by atoms with E-state index in [1.165, 1.54) is 16.3 Å². The maximum atomic E-state index is 11.2. The Kier molecular flexibility index (Phi) is 3.07. The normalized spacial score (nSPS) is 17.0. The maximum absolute atomic E-state index is 11.2. The number of ketones is 1. The van der Waals surface area contributed by atoms with Crippen LogP contribution in [0.4, 0.5) is 0 Å². The Morgan fingerprint density at radius 3 is 2.73 bits per heavy atom. The summed E-state index contributed by atoms with van der Waals surface area (Å²) in [7, 11) is 0. The highest BCUT2D eigenvalue weighted by molar-refractivity contribution is 6.17. The third kappa shape index (κ3) is 2.33. The van der Waals surface area contributed by atoms with Crippen molar-refractivity contribution in [3.8, 4) is 0 Å². The summed E-state index contributed by atoms with van der Waals surface area (Å²) in [6.07, 6.45) is 2.96. The lowest BCUT2D eigenvalue weighted by atomic mass is 10.0. The summed E-state index contributed by atoms with van der Waals surface area (Å²) in [5, 5.41) is 2.35. The average molecular weight is 291 g/mol. The molecule has 3 aromatic rings. The van der Waals surface area contributed by atoms with Gasteiger partial charge in [0, 0.05) is 16.5 Å². The van der Waals surface area contributed by atoms with Gasteiger partial charge in [0.25, 0.3) is 0 Å². The number of furan rings is 1. The van der Waals surface area contributed by atoms with Crippen LogP contribution in [-0.2, 0) is 11.2 Å². The molecule has 0 bridgehead atoms. The zero-order chi connectivity index (χ0) is 15.1. The SMILES string of the molecule is CC(=O)C1N=C1CCCc1ccc2oc3ccccc3c2c1. The van der Waals surface area contributed by atoms with Crippen molar-refractivity contribution in [3.63, 3.8) is 0 Å². The minimum absolute atomic E-state index is 0.0969. The fourth-order valence-corrected chi connectivity index (χ4v) is 3.06. The number of carbonyl (C=O) groups excluding carboxylic acids is 1. The maximum Gasteiger partial charge on any atom is 0.159 e. The van der Waals surface area contributed by atoms with Gasteiger partial charge in [0.2, 0.25) is 0 Å². The van der Waals surface area contributed by atoms with E-state index in [0.29, 0.717) is 0 Å². The third-order valence-electron chi connectivity index (χ3n) is 4.27. The van der Waals surface area contributed by atoms with Crippen LogP contribution >= 0.6 is 0 Å². The fourth-order valence-electron chi connectivity index (χ4n) is 3.06. The number of nitrogens with zero attached hydrogens (tertiary/aromatic N) is 1. The van der Waals surface area contributed by atoms with Crippen LogP contribution < -0.4 is 0 Å². The number of hydrogen-bond acceptors (Lipinski definition) is 3. The molecule has 3 nitrogen and oxygen atoms in total. The predicted molar refractivity (Wildman–Crippen MR) is 88.6 cm³/mol. The molecule has 4 rings (SSSR count). The highest BCUT2D eigenvalue weighted by Crippen LogP contribution is 2.29. The molecule has 0 N–H and O–H groups in total. The molecule has 1 aromatic heterocycles. The van der Waals surface area contributed by atoms with Crippen molar-refractivity contribution in [2.24, 2.45) is 4.99 Å². The molecule has 0 saturated heterocycles. The molecule has 0 fully saturated rings. The molecule has 1 aliphatic heterocycles. The van der Waals surface area contributed by atoms with Gasteiger partial charge in [-0.05, 0) is 49.9 Å². The summed E-state index contributed by atoms with van der Waals surface area (Å²) < 4.78 is 5.84. The van der Waals surface area contributed by atoms with Gasteiger partial charge in [0.1, 0.15) is 17.2 Å². The van der Waals surface area contributed by atoms with E-state index < -0.39 is 0 Å². The zero-order valence-corrected chi connectivity index (χ0v) is 12.5. The van der Waals surface area contributed by atoms with Gasteiger partial charge in [-0.2, -0.15) is 0 Å². The molecule has 110 valence electrons. The molecule has 2 aromatic carbocycles. The number of aliphatic imine (C=N–C) groups is 1. The Labute approximate surface area is 128 Å². The molecule has 1 atom stereocenters. The van der Waals surface area contributed by atoms with Gasteiger partial charge in [-0.15, -0.1) is 0 Å². The molecule has 0 spiro atoms. The lowest BCUT2D eigenvalue weighted by Gasteiger charge is -2.00. The van der Waals surface area contributed by atoms with Gasteiger partial charge in [-0.1, -0.05) is 24.3 Å². The standard InChI is InChI=1S/C19H17NO2/c1-12(21)19-16(20-19)7-4-5-13-9-10-18-15(11-13)14-6-2-3-8-17(14)22-18/h2-3,6,8-11,19H,4-5,7H2,1H3. The topological polar surface area (TPSA) is 42.6 Å². The van der Waals surface area contributed by atoms with Crippen molar-refractivity contribution in [2.75, 3.05) is 0 Å². The largest absolute Gasteiger partial charge is 0.456 e. The average Bonchev–Trinajstić information content (AvgIpc) is 3.20. The Balaban J connectivity index is 1.49. The van der Waals surface area contributed by atoms with E-state index in [9.17, 15) is 4.79 Å². The van der Waals surface area contributed by atoms with Gasteiger partial charge in [-0.25, -0.2) is 0 Å². The second-order valence-corrected chi connectivity index (χ2v) is 5.92. The van der Waals surface area contributed by atoms with E-state index in [2.05, 4.69) is 29.3 Å². The first-order chi connectivity index (χ1) is 10.7. The van der Waals surface area contributed by atoms with Crippen molar-refractivity contribution < 1.29 is 9.21 Å². The van der Waals surface area contributed by atoms with E-state index >= 15 is 0 Å². The highest BCUT2D eigenvalue weighted by atomic mass is 16.3. The second kappa shape index (κ2) is 5.09. The monoisotopic (exact) mass is 291 g/mol. The number of rotatable bonds is 5. The quantitative estimate of drug-likeness (QED) is 0.702. The summed E-state index contributed by atoms with van der Waals surface area (Å²) in [4.78, 5) is 15.4. The van der Waals surface area contributed by atoms with Crippen LogP contribution in [0.25, 0.3) is 21.9 Å². The predicted octanol–water partition coefficient (Wildman–Crippen LogP) is 4.32. The van der Waals surface area contributed by atoms with Crippen LogP contribution in [0, 0.1) is 0 Å². The van der Waals surface area contributed by atoms with Crippen molar-refractivity contribution in [3.05, 3.63) is 48.0 Å². The van der Waals surface area contributed by atoms with E-state index in [1.54, 1.807) is 6.92 Å². The molecular formula is C19H17NO2. The molecule has 1 unspecified atom stereocenters. The lowest BCUT2D eigenvalue weighted by Crippen LogP contribution is -2.08. The number of aryl methyl sites for hydroxylation is 1. The van der Waals surface area contributed by atoms with Crippen LogP contribution in [0.15, 0.2) is 51.9 Å². The molecular weight excluding hydrogens is 274 g/mol. The molecule has 0 aliphatic carbocycles. The second-order valence-electron chi connectivity index (χ2n) is 5.92. The Hall–Kier alpha value is -2.42. The summed E-state index contributed by atoms with van der Waals surface area (Å²) in [6.45, 7) is 1.61. The minimum atomic E-state index is -0.0969. The molecule has 3 heteroatoms. The molecule has 2 heterocycles. The van der Waals surface area contributed by atoms with Crippen LogP contribution in [0.3, 0.4) is 0 Å². The van der Waals surface area contributed by atoms with Crippen molar-refractivity contribution in [2.45, 2.75) is 32.2 Å². The summed E-state index contributed by atoms with van der Waals surface area (Å²) in [5.41, 5.74) is 4.25. The summed E-state index contributed by atoms with van der Waals surface area (Å²) >= 11 is 0.